The van der Waals surface area contributed by atoms with Crippen LogP contribution in [-0.4, -0.2) is 18.9 Å². The monoisotopic (exact) mass is 406 g/mol. The molecule has 0 saturated carbocycles. The molecule has 1 heterocycles. The smallest absolute Gasteiger partial charge is 0.343 e. The number of esters is 1. The highest BCUT2D eigenvalue weighted by atomic mass is 35.5. The van der Waals surface area contributed by atoms with E-state index in [4.69, 9.17) is 25.8 Å². The van der Waals surface area contributed by atoms with Crippen LogP contribution in [0.25, 0.3) is 6.08 Å². The molecule has 5 nitrogen and oxygen atoms in total. The Hall–Kier alpha value is -3.57. The van der Waals surface area contributed by atoms with E-state index < -0.39 is 5.97 Å². The quantitative estimate of drug-likeness (QED) is 0.339. The van der Waals surface area contributed by atoms with Crippen LogP contribution in [0.15, 0.2) is 72.5 Å². The Balaban J connectivity index is 1.55. The Morgan fingerprint density at radius 2 is 1.83 bits per heavy atom. The number of halogens is 1. The highest BCUT2D eigenvalue weighted by molar-refractivity contribution is 6.30. The number of rotatable bonds is 4. The average Bonchev–Trinajstić information content (AvgIpc) is 3.02. The summed E-state index contributed by atoms with van der Waals surface area (Å²) in [4.78, 5) is 24.9. The summed E-state index contributed by atoms with van der Waals surface area (Å²) in [5.74, 6) is 0.553. The van der Waals surface area contributed by atoms with Gasteiger partial charge in [0.1, 0.15) is 17.2 Å². The molecule has 0 amide bonds. The molecule has 0 aromatic heterocycles. The van der Waals surface area contributed by atoms with Gasteiger partial charge in [-0.3, -0.25) is 4.79 Å². The van der Waals surface area contributed by atoms with Gasteiger partial charge < -0.3 is 14.2 Å². The Kier molecular flexibility index (Phi) is 5.06. The Morgan fingerprint density at radius 3 is 2.62 bits per heavy atom. The van der Waals surface area contributed by atoms with Crippen LogP contribution in [0, 0.1) is 0 Å². The van der Waals surface area contributed by atoms with Gasteiger partial charge in [0.05, 0.1) is 18.2 Å². The number of benzene rings is 3. The van der Waals surface area contributed by atoms with Gasteiger partial charge in [-0.1, -0.05) is 29.8 Å². The Morgan fingerprint density at radius 1 is 1.00 bits per heavy atom. The van der Waals surface area contributed by atoms with Crippen molar-refractivity contribution in [3.05, 3.63) is 94.2 Å². The summed E-state index contributed by atoms with van der Waals surface area (Å²) in [5, 5.41) is 0.564. The summed E-state index contributed by atoms with van der Waals surface area (Å²) in [5.41, 5.74) is 1.50. The lowest BCUT2D eigenvalue weighted by Gasteiger charge is -2.07. The van der Waals surface area contributed by atoms with Crippen molar-refractivity contribution in [2.75, 3.05) is 7.11 Å². The molecule has 3 aromatic rings. The third-order valence-corrected chi connectivity index (χ3v) is 4.54. The largest absolute Gasteiger partial charge is 0.497 e. The van der Waals surface area contributed by atoms with E-state index in [1.807, 2.05) is 6.07 Å². The molecule has 4 rings (SSSR count). The number of ether oxygens (including phenoxy) is 3. The molecular weight excluding hydrogens is 392 g/mol. The number of allylic oxidation sites excluding steroid dienone is 1. The van der Waals surface area contributed by atoms with Crippen LogP contribution in [0.5, 0.6) is 17.2 Å². The minimum atomic E-state index is -0.539. The second-order valence-electron chi connectivity index (χ2n) is 6.27. The van der Waals surface area contributed by atoms with Crippen molar-refractivity contribution < 1.29 is 23.8 Å². The second kappa shape index (κ2) is 7.81. The first-order valence-corrected chi connectivity index (χ1v) is 9.11. The molecule has 29 heavy (non-hydrogen) atoms. The maximum atomic E-state index is 12.6. The van der Waals surface area contributed by atoms with Gasteiger partial charge >= 0.3 is 5.97 Å². The number of carbonyl (C=O) groups excluding carboxylic acids is 2. The summed E-state index contributed by atoms with van der Waals surface area (Å²) < 4.78 is 16.2. The number of fused-ring (bicyclic) bond motifs is 1. The van der Waals surface area contributed by atoms with E-state index in [-0.39, 0.29) is 17.3 Å². The SMILES string of the molecule is COc1cccc(C(=O)Oc2ccc3c(c2)O/C(=C/c2cccc(Cl)c2)C3=O)c1. The highest BCUT2D eigenvalue weighted by Crippen LogP contribution is 2.35. The fraction of sp³-hybridized carbons (Fsp3) is 0.0435. The summed E-state index contributed by atoms with van der Waals surface area (Å²) >= 11 is 5.98. The first-order valence-electron chi connectivity index (χ1n) is 8.73. The van der Waals surface area contributed by atoms with Crippen LogP contribution in [-0.2, 0) is 0 Å². The van der Waals surface area contributed by atoms with E-state index in [1.165, 1.54) is 13.2 Å². The summed E-state index contributed by atoms with van der Waals surface area (Å²) in [6.07, 6.45) is 1.62. The van der Waals surface area contributed by atoms with Crippen molar-refractivity contribution in [2.24, 2.45) is 0 Å². The molecule has 1 aliphatic rings. The molecule has 0 fully saturated rings. The molecule has 0 spiro atoms. The number of methoxy groups -OCH3 is 1. The highest BCUT2D eigenvalue weighted by Gasteiger charge is 2.28. The number of carbonyl (C=O) groups is 2. The molecule has 0 unspecified atom stereocenters. The lowest BCUT2D eigenvalue weighted by Crippen LogP contribution is -2.08. The van der Waals surface area contributed by atoms with E-state index in [1.54, 1.807) is 60.7 Å². The van der Waals surface area contributed by atoms with Crippen molar-refractivity contribution in [3.63, 3.8) is 0 Å². The molecule has 0 atom stereocenters. The normalized spacial score (nSPS) is 13.7. The third kappa shape index (κ3) is 4.00. The molecule has 6 heteroatoms. The van der Waals surface area contributed by atoms with E-state index >= 15 is 0 Å². The van der Waals surface area contributed by atoms with Gasteiger partial charge in [0.15, 0.2) is 5.76 Å². The number of hydrogen-bond donors (Lipinski definition) is 0. The van der Waals surface area contributed by atoms with Crippen LogP contribution in [0.4, 0.5) is 0 Å². The fourth-order valence-electron chi connectivity index (χ4n) is 2.89. The maximum Gasteiger partial charge on any atom is 0.343 e. The molecule has 1 aliphatic heterocycles. The lowest BCUT2D eigenvalue weighted by atomic mass is 10.1. The predicted molar refractivity (Wildman–Crippen MR) is 109 cm³/mol. The second-order valence-corrected chi connectivity index (χ2v) is 6.71. The van der Waals surface area contributed by atoms with Gasteiger partial charge in [-0.05, 0) is 54.1 Å². The van der Waals surface area contributed by atoms with E-state index in [0.717, 1.165) is 5.56 Å². The van der Waals surface area contributed by atoms with Crippen molar-refractivity contribution >= 4 is 29.4 Å². The van der Waals surface area contributed by atoms with E-state index in [9.17, 15) is 9.59 Å². The van der Waals surface area contributed by atoms with Gasteiger partial charge in [0, 0.05) is 11.1 Å². The molecule has 0 bridgehead atoms. The first kappa shape index (κ1) is 18.8. The fourth-order valence-corrected chi connectivity index (χ4v) is 3.09. The zero-order valence-corrected chi connectivity index (χ0v) is 16.1. The van der Waals surface area contributed by atoms with Gasteiger partial charge in [-0.2, -0.15) is 0 Å². The average molecular weight is 407 g/mol. The molecule has 0 aliphatic carbocycles. The summed E-state index contributed by atoms with van der Waals surface area (Å²) in [6, 6.07) is 18.4. The van der Waals surface area contributed by atoms with Gasteiger partial charge in [-0.15, -0.1) is 0 Å². The Labute approximate surface area is 172 Å². The molecule has 144 valence electrons. The molecule has 0 N–H and O–H groups in total. The van der Waals surface area contributed by atoms with Crippen LogP contribution in [0.2, 0.25) is 5.02 Å². The van der Waals surface area contributed by atoms with Crippen LogP contribution in [0.3, 0.4) is 0 Å². The minimum absolute atomic E-state index is 0.179. The predicted octanol–water partition coefficient (Wildman–Crippen LogP) is 5.18. The number of ketones is 1. The minimum Gasteiger partial charge on any atom is -0.497 e. The van der Waals surface area contributed by atoms with Crippen LogP contribution < -0.4 is 14.2 Å². The van der Waals surface area contributed by atoms with Crippen molar-refractivity contribution in [3.8, 4) is 17.2 Å². The summed E-state index contributed by atoms with van der Waals surface area (Å²) in [7, 11) is 1.52. The topological polar surface area (TPSA) is 61.8 Å². The molecule has 3 aromatic carbocycles. The van der Waals surface area contributed by atoms with Crippen LogP contribution in [0.1, 0.15) is 26.3 Å². The zero-order valence-electron chi connectivity index (χ0n) is 15.3. The van der Waals surface area contributed by atoms with Crippen molar-refractivity contribution in [1.29, 1.82) is 0 Å². The number of Topliss-reactive ketones (excluding diaryl/α,β-unsaturated/α-hetero) is 1. The molecular formula is C23H15ClO5. The van der Waals surface area contributed by atoms with Crippen LogP contribution >= 0.6 is 11.6 Å². The van der Waals surface area contributed by atoms with Gasteiger partial charge in [0.25, 0.3) is 0 Å². The first-order chi connectivity index (χ1) is 14.0. The van der Waals surface area contributed by atoms with Crippen molar-refractivity contribution in [2.45, 2.75) is 0 Å². The third-order valence-electron chi connectivity index (χ3n) is 4.30. The van der Waals surface area contributed by atoms with E-state index in [0.29, 0.717) is 27.6 Å². The van der Waals surface area contributed by atoms with Gasteiger partial charge in [-0.25, -0.2) is 4.79 Å². The van der Waals surface area contributed by atoms with Crippen molar-refractivity contribution in [1.82, 2.24) is 0 Å². The lowest BCUT2D eigenvalue weighted by molar-refractivity contribution is 0.0734. The van der Waals surface area contributed by atoms with Gasteiger partial charge in [0.2, 0.25) is 5.78 Å². The molecule has 0 radical (unpaired) electrons. The standard InChI is InChI=1S/C23H15ClO5/c1-27-17-7-3-5-15(12-17)23(26)28-18-8-9-19-20(13-18)29-21(22(19)25)11-14-4-2-6-16(24)10-14/h2-13H,1H3/b21-11+. The maximum absolute atomic E-state index is 12.6. The molecule has 0 saturated heterocycles. The zero-order chi connectivity index (χ0) is 20.4. The van der Waals surface area contributed by atoms with E-state index in [2.05, 4.69) is 0 Å². The number of hydrogen-bond acceptors (Lipinski definition) is 5. The summed E-state index contributed by atoms with van der Waals surface area (Å²) in [6.45, 7) is 0. The Bertz CT molecular complexity index is 1150.